The molecular weight excluding hydrogens is 386 g/mol. The van der Waals surface area contributed by atoms with Crippen molar-refractivity contribution in [1.29, 1.82) is 0 Å². The summed E-state index contributed by atoms with van der Waals surface area (Å²) >= 11 is 0. The van der Waals surface area contributed by atoms with Crippen LogP contribution in [0.1, 0.15) is 35.6 Å². The lowest BCUT2D eigenvalue weighted by Crippen LogP contribution is -2.42. The van der Waals surface area contributed by atoms with Gasteiger partial charge in [0.25, 0.3) is 0 Å². The first kappa shape index (κ1) is 21.5. The molecule has 1 heterocycles. The van der Waals surface area contributed by atoms with E-state index in [-0.39, 0.29) is 29.9 Å². The zero-order chi connectivity index (χ0) is 20.9. The fraction of sp³-hybridized carbons (Fsp3) is 0.409. The van der Waals surface area contributed by atoms with E-state index in [4.69, 9.17) is 0 Å². The highest BCUT2D eigenvalue weighted by Gasteiger charge is 2.29. The first-order chi connectivity index (χ1) is 13.9. The Morgan fingerprint density at radius 3 is 2.41 bits per heavy atom. The number of sulfonamides is 1. The van der Waals surface area contributed by atoms with E-state index in [0.717, 1.165) is 37.1 Å². The molecule has 2 aromatic carbocycles. The van der Waals surface area contributed by atoms with Crippen molar-refractivity contribution in [3.8, 4) is 0 Å². The molecule has 7 heteroatoms. The van der Waals surface area contributed by atoms with E-state index >= 15 is 0 Å². The molecule has 0 aromatic heterocycles. The summed E-state index contributed by atoms with van der Waals surface area (Å²) in [6.45, 7) is 5.80. The van der Waals surface area contributed by atoms with Crippen LogP contribution in [0.4, 0.5) is 0 Å². The average Bonchev–Trinajstić information content (AvgIpc) is 3.22. The molecule has 0 saturated carbocycles. The van der Waals surface area contributed by atoms with Crippen LogP contribution in [0, 0.1) is 13.8 Å². The zero-order valence-electron chi connectivity index (χ0n) is 17.0. The molecule has 3 rings (SSSR count). The van der Waals surface area contributed by atoms with Crippen LogP contribution in [0.25, 0.3) is 0 Å². The van der Waals surface area contributed by atoms with Gasteiger partial charge in [0.2, 0.25) is 15.9 Å². The Labute approximate surface area is 173 Å². The average molecular weight is 416 g/mol. The predicted molar refractivity (Wildman–Crippen MR) is 114 cm³/mol. The molecule has 0 radical (unpaired) electrons. The summed E-state index contributed by atoms with van der Waals surface area (Å²) in [4.78, 5) is 15.4. The number of hydrogen-bond acceptors (Lipinski definition) is 4. The Kier molecular flexibility index (Phi) is 7.05. The highest BCUT2D eigenvalue weighted by Crippen LogP contribution is 2.25. The quantitative estimate of drug-likeness (QED) is 0.650. The van der Waals surface area contributed by atoms with Crippen LogP contribution in [0.15, 0.2) is 53.4 Å². The fourth-order valence-corrected chi connectivity index (χ4v) is 5.06. The first-order valence-electron chi connectivity index (χ1n) is 10.0. The molecule has 1 saturated heterocycles. The summed E-state index contributed by atoms with van der Waals surface area (Å²) in [5.74, 6) is -0.0935. The summed E-state index contributed by atoms with van der Waals surface area (Å²) in [6.07, 6.45) is 2.18. The monoisotopic (exact) mass is 415 g/mol. The number of nitrogens with one attached hydrogen (secondary N) is 2. The lowest BCUT2D eigenvalue weighted by Gasteiger charge is -2.27. The van der Waals surface area contributed by atoms with Crippen LogP contribution in [0.5, 0.6) is 0 Å². The first-order valence-corrected chi connectivity index (χ1v) is 11.5. The van der Waals surface area contributed by atoms with E-state index in [0.29, 0.717) is 5.56 Å². The zero-order valence-corrected chi connectivity index (χ0v) is 17.8. The third-order valence-corrected chi connectivity index (χ3v) is 6.82. The van der Waals surface area contributed by atoms with E-state index in [1.807, 2.05) is 43.3 Å². The van der Waals surface area contributed by atoms with Gasteiger partial charge in [0.15, 0.2) is 0 Å². The number of hydrogen-bond donors (Lipinski definition) is 2. The molecule has 2 aromatic rings. The number of likely N-dealkylation sites (tertiary alicyclic amines) is 1. The highest BCUT2D eigenvalue weighted by molar-refractivity contribution is 7.89. The standard InChI is InChI=1S/C22H29N3O3S/c1-17-10-11-18(2)20(16-17)29(27,28)24-13-12-23-22(26)21(25-14-6-7-15-25)19-8-4-3-5-9-19/h3-5,8-11,16,21,24H,6-7,12-15H2,1-2H3,(H,23,26). The summed E-state index contributed by atoms with van der Waals surface area (Å²) < 4.78 is 27.8. The van der Waals surface area contributed by atoms with Gasteiger partial charge in [0, 0.05) is 13.1 Å². The number of carbonyl (C=O) groups is 1. The number of rotatable bonds is 8. The number of nitrogens with zero attached hydrogens (tertiary/aromatic N) is 1. The maximum absolute atomic E-state index is 12.9. The maximum atomic E-state index is 12.9. The molecule has 1 fully saturated rings. The van der Waals surface area contributed by atoms with Gasteiger partial charge in [-0.3, -0.25) is 9.69 Å². The molecule has 1 aliphatic heterocycles. The summed E-state index contributed by atoms with van der Waals surface area (Å²) in [6, 6.07) is 14.7. The molecule has 6 nitrogen and oxygen atoms in total. The van der Waals surface area contributed by atoms with Gasteiger partial charge in [-0.1, -0.05) is 42.5 Å². The van der Waals surface area contributed by atoms with E-state index in [1.165, 1.54) is 0 Å². The summed E-state index contributed by atoms with van der Waals surface area (Å²) in [5.41, 5.74) is 2.55. The van der Waals surface area contributed by atoms with Crippen molar-refractivity contribution in [1.82, 2.24) is 14.9 Å². The Morgan fingerprint density at radius 1 is 1.03 bits per heavy atom. The van der Waals surface area contributed by atoms with Crippen LogP contribution < -0.4 is 10.0 Å². The molecular formula is C22H29N3O3S. The van der Waals surface area contributed by atoms with Crippen molar-refractivity contribution >= 4 is 15.9 Å². The second kappa shape index (κ2) is 9.52. The van der Waals surface area contributed by atoms with Crippen molar-refractivity contribution in [3.63, 3.8) is 0 Å². The van der Waals surface area contributed by atoms with Crippen LogP contribution in [0.2, 0.25) is 0 Å². The Balaban J connectivity index is 1.60. The van der Waals surface area contributed by atoms with Gasteiger partial charge >= 0.3 is 0 Å². The van der Waals surface area contributed by atoms with Crippen LogP contribution in [0.3, 0.4) is 0 Å². The van der Waals surface area contributed by atoms with Crippen LogP contribution >= 0.6 is 0 Å². The topological polar surface area (TPSA) is 78.5 Å². The van der Waals surface area contributed by atoms with Crippen LogP contribution in [-0.4, -0.2) is 45.4 Å². The van der Waals surface area contributed by atoms with Gasteiger partial charge in [0.05, 0.1) is 4.90 Å². The van der Waals surface area contributed by atoms with Crippen molar-refractivity contribution in [2.75, 3.05) is 26.2 Å². The molecule has 156 valence electrons. The lowest BCUT2D eigenvalue weighted by atomic mass is 10.0. The largest absolute Gasteiger partial charge is 0.353 e. The lowest BCUT2D eigenvalue weighted by molar-refractivity contribution is -0.126. The minimum atomic E-state index is -3.61. The molecule has 2 N–H and O–H groups in total. The van der Waals surface area contributed by atoms with E-state index < -0.39 is 10.0 Å². The molecule has 0 spiro atoms. The Hall–Kier alpha value is -2.22. The third-order valence-electron chi connectivity index (χ3n) is 5.22. The Morgan fingerprint density at radius 2 is 1.72 bits per heavy atom. The van der Waals surface area contributed by atoms with Crippen molar-refractivity contribution in [2.24, 2.45) is 0 Å². The minimum absolute atomic E-state index is 0.0935. The number of amides is 1. The molecule has 29 heavy (non-hydrogen) atoms. The third kappa shape index (κ3) is 5.44. The second-order valence-corrected chi connectivity index (χ2v) is 9.25. The fourth-order valence-electron chi connectivity index (χ4n) is 3.71. The van der Waals surface area contributed by atoms with Gasteiger partial charge in [0.1, 0.15) is 6.04 Å². The summed E-state index contributed by atoms with van der Waals surface area (Å²) in [5, 5.41) is 2.90. The SMILES string of the molecule is Cc1ccc(C)c(S(=O)(=O)NCCNC(=O)C(c2ccccc2)N2CCCC2)c1. The van der Waals surface area contributed by atoms with E-state index in [9.17, 15) is 13.2 Å². The van der Waals surface area contributed by atoms with Gasteiger partial charge in [-0.15, -0.1) is 0 Å². The Bertz CT molecular complexity index is 939. The van der Waals surface area contributed by atoms with E-state index in [2.05, 4.69) is 14.9 Å². The van der Waals surface area contributed by atoms with Crippen molar-refractivity contribution in [3.05, 3.63) is 65.2 Å². The number of aryl methyl sites for hydroxylation is 2. The normalized spacial score (nSPS) is 15.9. The number of benzene rings is 2. The molecule has 1 atom stereocenters. The van der Waals surface area contributed by atoms with Gasteiger partial charge < -0.3 is 5.32 Å². The number of carbonyl (C=O) groups excluding carboxylic acids is 1. The van der Waals surface area contributed by atoms with Crippen molar-refractivity contribution < 1.29 is 13.2 Å². The maximum Gasteiger partial charge on any atom is 0.242 e. The second-order valence-electron chi connectivity index (χ2n) is 7.51. The van der Waals surface area contributed by atoms with Gasteiger partial charge in [-0.2, -0.15) is 0 Å². The molecule has 1 aliphatic rings. The van der Waals surface area contributed by atoms with Crippen molar-refractivity contribution in [2.45, 2.75) is 37.6 Å². The molecule has 1 amide bonds. The molecule has 0 aliphatic carbocycles. The molecule has 1 unspecified atom stereocenters. The van der Waals surface area contributed by atoms with Gasteiger partial charge in [-0.05, 0) is 62.5 Å². The predicted octanol–water partition coefficient (Wildman–Crippen LogP) is 2.54. The summed E-state index contributed by atoms with van der Waals surface area (Å²) in [7, 11) is -3.61. The van der Waals surface area contributed by atoms with Gasteiger partial charge in [-0.25, -0.2) is 13.1 Å². The smallest absolute Gasteiger partial charge is 0.242 e. The molecule has 0 bridgehead atoms. The van der Waals surface area contributed by atoms with Crippen LogP contribution in [-0.2, 0) is 14.8 Å². The minimum Gasteiger partial charge on any atom is -0.353 e. The van der Waals surface area contributed by atoms with E-state index in [1.54, 1.807) is 19.1 Å². The highest BCUT2D eigenvalue weighted by atomic mass is 32.2.